The van der Waals surface area contributed by atoms with E-state index in [1.807, 2.05) is 18.2 Å². The van der Waals surface area contributed by atoms with Crippen LogP contribution in [0.2, 0.25) is 0 Å². The van der Waals surface area contributed by atoms with Gasteiger partial charge in [0.05, 0.1) is 0 Å². The number of amides is 1. The van der Waals surface area contributed by atoms with E-state index in [-0.39, 0.29) is 5.91 Å². The fourth-order valence-electron chi connectivity index (χ4n) is 2.55. The van der Waals surface area contributed by atoms with E-state index < -0.39 is 12.0 Å². The number of rotatable bonds is 5. The minimum atomic E-state index is -0.891. The van der Waals surface area contributed by atoms with Crippen molar-refractivity contribution < 1.29 is 14.7 Å². The number of benzene rings is 1. The first kappa shape index (κ1) is 13.6. The molecule has 0 aromatic heterocycles. The fraction of sp³-hybridized carbons (Fsp3) is 0.467. The Kier molecular flexibility index (Phi) is 4.20. The summed E-state index contributed by atoms with van der Waals surface area (Å²) in [6, 6.07) is 9.45. The summed E-state index contributed by atoms with van der Waals surface area (Å²) in [7, 11) is 0. The summed E-state index contributed by atoms with van der Waals surface area (Å²) in [4.78, 5) is 24.3. The maximum atomic E-state index is 11.7. The first-order valence-corrected chi connectivity index (χ1v) is 6.67. The Balaban J connectivity index is 1.94. The Morgan fingerprint density at radius 1 is 1.42 bits per heavy atom. The molecule has 4 nitrogen and oxygen atoms in total. The van der Waals surface area contributed by atoms with Gasteiger partial charge in [0, 0.05) is 13.0 Å². The number of hydrogen-bond acceptors (Lipinski definition) is 2. The van der Waals surface area contributed by atoms with Gasteiger partial charge in [0.2, 0.25) is 5.91 Å². The second-order valence-corrected chi connectivity index (χ2v) is 5.08. The predicted molar refractivity (Wildman–Crippen MR) is 71.8 cm³/mol. The molecular formula is C15H19NO3. The van der Waals surface area contributed by atoms with Crippen LogP contribution in [0.25, 0.3) is 0 Å². The Morgan fingerprint density at radius 2 is 2.11 bits per heavy atom. The molecule has 2 atom stereocenters. The summed E-state index contributed by atoms with van der Waals surface area (Å²) in [6.07, 6.45) is 1.59. The maximum Gasteiger partial charge on any atom is 0.326 e. The molecule has 0 radical (unpaired) electrons. The summed E-state index contributed by atoms with van der Waals surface area (Å²) >= 11 is 0. The SMILES string of the molecule is CC(CCN1C(=O)CCC1C(=O)O)c1ccccc1. The van der Waals surface area contributed by atoms with Crippen LogP contribution in [-0.2, 0) is 9.59 Å². The van der Waals surface area contributed by atoms with Crippen molar-refractivity contribution in [1.29, 1.82) is 0 Å². The highest BCUT2D eigenvalue weighted by molar-refractivity contribution is 5.87. The van der Waals surface area contributed by atoms with Crippen LogP contribution in [0.3, 0.4) is 0 Å². The van der Waals surface area contributed by atoms with Gasteiger partial charge in [-0.1, -0.05) is 37.3 Å². The monoisotopic (exact) mass is 261 g/mol. The topological polar surface area (TPSA) is 57.6 Å². The van der Waals surface area contributed by atoms with Gasteiger partial charge in [-0.05, 0) is 24.3 Å². The quantitative estimate of drug-likeness (QED) is 0.884. The van der Waals surface area contributed by atoms with E-state index in [1.54, 1.807) is 0 Å². The van der Waals surface area contributed by atoms with Gasteiger partial charge in [-0.15, -0.1) is 0 Å². The van der Waals surface area contributed by atoms with E-state index in [0.29, 0.717) is 25.3 Å². The van der Waals surface area contributed by atoms with E-state index in [1.165, 1.54) is 10.5 Å². The molecule has 1 heterocycles. The van der Waals surface area contributed by atoms with Crippen LogP contribution in [0.5, 0.6) is 0 Å². The summed E-state index contributed by atoms with van der Waals surface area (Å²) in [5, 5.41) is 9.09. The van der Waals surface area contributed by atoms with Gasteiger partial charge in [-0.3, -0.25) is 4.79 Å². The van der Waals surface area contributed by atoms with E-state index >= 15 is 0 Å². The van der Waals surface area contributed by atoms with Crippen molar-refractivity contribution in [3.8, 4) is 0 Å². The van der Waals surface area contributed by atoms with Gasteiger partial charge >= 0.3 is 5.97 Å². The number of likely N-dealkylation sites (tertiary alicyclic amines) is 1. The molecular weight excluding hydrogens is 242 g/mol. The molecule has 1 N–H and O–H groups in total. The van der Waals surface area contributed by atoms with Crippen LogP contribution >= 0.6 is 0 Å². The molecule has 0 bridgehead atoms. The molecule has 1 aromatic rings. The highest BCUT2D eigenvalue weighted by Crippen LogP contribution is 2.23. The molecule has 1 saturated heterocycles. The van der Waals surface area contributed by atoms with Crippen molar-refractivity contribution in [2.75, 3.05) is 6.54 Å². The van der Waals surface area contributed by atoms with Crippen LogP contribution in [-0.4, -0.2) is 34.5 Å². The fourth-order valence-corrected chi connectivity index (χ4v) is 2.55. The summed E-state index contributed by atoms with van der Waals surface area (Å²) < 4.78 is 0. The van der Waals surface area contributed by atoms with Crippen molar-refractivity contribution in [2.45, 2.75) is 38.1 Å². The lowest BCUT2D eigenvalue weighted by atomic mass is 9.97. The van der Waals surface area contributed by atoms with Gasteiger partial charge in [0.15, 0.2) is 0 Å². The van der Waals surface area contributed by atoms with E-state index in [0.717, 1.165) is 6.42 Å². The Labute approximate surface area is 113 Å². The predicted octanol–water partition coefficient (Wildman–Crippen LogP) is 2.26. The van der Waals surface area contributed by atoms with Crippen molar-refractivity contribution in [3.05, 3.63) is 35.9 Å². The second-order valence-electron chi connectivity index (χ2n) is 5.08. The largest absolute Gasteiger partial charge is 0.480 e. The van der Waals surface area contributed by atoms with Gasteiger partial charge in [0.25, 0.3) is 0 Å². The van der Waals surface area contributed by atoms with E-state index in [9.17, 15) is 9.59 Å². The summed E-state index contributed by atoms with van der Waals surface area (Å²) in [5.41, 5.74) is 1.22. The number of hydrogen-bond donors (Lipinski definition) is 1. The zero-order chi connectivity index (χ0) is 13.8. The zero-order valence-corrected chi connectivity index (χ0v) is 11.1. The first-order chi connectivity index (χ1) is 9.09. The van der Waals surface area contributed by atoms with Crippen molar-refractivity contribution >= 4 is 11.9 Å². The Bertz CT molecular complexity index is 458. The average molecular weight is 261 g/mol. The molecule has 4 heteroatoms. The minimum absolute atomic E-state index is 0.0346. The van der Waals surface area contributed by atoms with Gasteiger partial charge in [0.1, 0.15) is 6.04 Å². The van der Waals surface area contributed by atoms with Crippen LogP contribution in [0.4, 0.5) is 0 Å². The minimum Gasteiger partial charge on any atom is -0.480 e. The smallest absolute Gasteiger partial charge is 0.326 e. The third-order valence-corrected chi connectivity index (χ3v) is 3.78. The standard InChI is InChI=1S/C15H19NO3/c1-11(12-5-3-2-4-6-12)9-10-16-13(15(18)19)7-8-14(16)17/h2-6,11,13H,7-10H2,1H3,(H,18,19). The number of nitrogens with zero attached hydrogens (tertiary/aromatic N) is 1. The normalized spacial score (nSPS) is 20.6. The molecule has 0 aliphatic carbocycles. The number of carbonyl (C=O) groups excluding carboxylic acids is 1. The molecule has 1 aliphatic rings. The lowest BCUT2D eigenvalue weighted by Gasteiger charge is -2.23. The summed E-state index contributed by atoms with van der Waals surface area (Å²) in [5.74, 6) is -0.602. The van der Waals surface area contributed by atoms with Gasteiger partial charge < -0.3 is 10.0 Å². The average Bonchev–Trinajstić information content (AvgIpc) is 2.78. The van der Waals surface area contributed by atoms with Gasteiger partial charge in [-0.2, -0.15) is 0 Å². The highest BCUT2D eigenvalue weighted by atomic mass is 16.4. The molecule has 1 aliphatic heterocycles. The Hall–Kier alpha value is -1.84. The molecule has 19 heavy (non-hydrogen) atoms. The van der Waals surface area contributed by atoms with Crippen molar-refractivity contribution in [3.63, 3.8) is 0 Å². The van der Waals surface area contributed by atoms with Crippen molar-refractivity contribution in [1.82, 2.24) is 4.90 Å². The lowest BCUT2D eigenvalue weighted by Crippen LogP contribution is -2.39. The first-order valence-electron chi connectivity index (χ1n) is 6.67. The molecule has 1 aromatic carbocycles. The number of carboxylic acids is 1. The van der Waals surface area contributed by atoms with E-state index in [4.69, 9.17) is 5.11 Å². The molecule has 0 saturated carbocycles. The highest BCUT2D eigenvalue weighted by Gasteiger charge is 2.35. The maximum absolute atomic E-state index is 11.7. The number of aliphatic carboxylic acids is 1. The molecule has 2 rings (SSSR count). The molecule has 102 valence electrons. The van der Waals surface area contributed by atoms with Gasteiger partial charge in [-0.25, -0.2) is 4.79 Å². The van der Waals surface area contributed by atoms with Crippen LogP contribution in [0.15, 0.2) is 30.3 Å². The zero-order valence-electron chi connectivity index (χ0n) is 11.1. The molecule has 2 unspecified atom stereocenters. The van der Waals surface area contributed by atoms with Crippen LogP contribution < -0.4 is 0 Å². The molecule has 0 spiro atoms. The molecule has 1 amide bonds. The lowest BCUT2D eigenvalue weighted by molar-refractivity contribution is -0.146. The third kappa shape index (κ3) is 3.13. The van der Waals surface area contributed by atoms with Crippen molar-refractivity contribution in [2.24, 2.45) is 0 Å². The van der Waals surface area contributed by atoms with Crippen LogP contribution in [0, 0.1) is 0 Å². The Morgan fingerprint density at radius 3 is 2.74 bits per heavy atom. The second kappa shape index (κ2) is 5.87. The number of carbonyl (C=O) groups is 2. The number of carboxylic acid groups (broad SMARTS) is 1. The summed E-state index contributed by atoms with van der Waals surface area (Å²) in [6.45, 7) is 2.62. The molecule has 1 fully saturated rings. The van der Waals surface area contributed by atoms with E-state index in [2.05, 4.69) is 19.1 Å². The van der Waals surface area contributed by atoms with Crippen LogP contribution in [0.1, 0.15) is 37.7 Å². The third-order valence-electron chi connectivity index (χ3n) is 3.78.